The summed E-state index contributed by atoms with van der Waals surface area (Å²) in [6, 6.07) is 0. The van der Waals surface area contributed by atoms with Gasteiger partial charge in [-0.25, -0.2) is 0 Å². The van der Waals surface area contributed by atoms with Gasteiger partial charge in [-0.05, 0) is 32.1 Å². The molecule has 0 aromatic carbocycles. The molecular formula is C16H29NO4. The van der Waals surface area contributed by atoms with Crippen molar-refractivity contribution in [3.63, 3.8) is 0 Å². The van der Waals surface area contributed by atoms with Crippen LogP contribution < -0.4 is 5.32 Å². The van der Waals surface area contributed by atoms with E-state index in [0.29, 0.717) is 38.5 Å². The Morgan fingerprint density at radius 2 is 2.19 bits per heavy atom. The molecule has 1 N–H and O–H groups in total. The maximum atomic E-state index is 12.5. The second-order valence-electron chi connectivity index (χ2n) is 6.43. The highest BCUT2D eigenvalue weighted by molar-refractivity contribution is 5.81. The lowest BCUT2D eigenvalue weighted by Crippen LogP contribution is -2.60. The van der Waals surface area contributed by atoms with E-state index >= 15 is 0 Å². The largest absolute Gasteiger partial charge is 0.465 e. The molecule has 2 rings (SSSR count). The minimum atomic E-state index is -0.616. The fourth-order valence-electron chi connectivity index (χ4n) is 3.12. The number of esters is 1. The average Bonchev–Trinajstić information content (AvgIpc) is 2.99. The van der Waals surface area contributed by atoms with E-state index < -0.39 is 5.54 Å². The molecule has 0 radical (unpaired) electrons. The van der Waals surface area contributed by atoms with Crippen molar-refractivity contribution < 1.29 is 19.0 Å². The van der Waals surface area contributed by atoms with Crippen LogP contribution in [0.5, 0.6) is 0 Å². The van der Waals surface area contributed by atoms with Crippen LogP contribution in [-0.4, -0.2) is 50.1 Å². The molecule has 0 bridgehead atoms. The van der Waals surface area contributed by atoms with E-state index in [1.165, 1.54) is 0 Å². The Hall–Kier alpha value is -0.650. The summed E-state index contributed by atoms with van der Waals surface area (Å²) in [5, 5.41) is 3.47. The van der Waals surface area contributed by atoms with Crippen molar-refractivity contribution in [2.45, 2.75) is 64.2 Å². The lowest BCUT2D eigenvalue weighted by molar-refractivity contribution is -0.160. The third kappa shape index (κ3) is 4.18. The van der Waals surface area contributed by atoms with Gasteiger partial charge in [0.15, 0.2) is 0 Å². The lowest BCUT2D eigenvalue weighted by atomic mass is 9.83. The van der Waals surface area contributed by atoms with Crippen molar-refractivity contribution in [3.05, 3.63) is 0 Å². The van der Waals surface area contributed by atoms with E-state index in [-0.39, 0.29) is 18.2 Å². The fourth-order valence-corrected chi connectivity index (χ4v) is 3.12. The molecule has 5 heteroatoms. The second kappa shape index (κ2) is 7.56. The molecule has 2 aliphatic rings. The van der Waals surface area contributed by atoms with Crippen LogP contribution in [0.4, 0.5) is 0 Å². The van der Waals surface area contributed by atoms with Crippen molar-refractivity contribution in [1.29, 1.82) is 0 Å². The molecule has 0 aliphatic carbocycles. The van der Waals surface area contributed by atoms with Gasteiger partial charge < -0.3 is 14.2 Å². The zero-order chi connectivity index (χ0) is 15.3. The quantitative estimate of drug-likeness (QED) is 0.759. The highest BCUT2D eigenvalue weighted by atomic mass is 16.5. The van der Waals surface area contributed by atoms with E-state index in [2.05, 4.69) is 19.2 Å². The van der Waals surface area contributed by atoms with Gasteiger partial charge in [-0.1, -0.05) is 13.8 Å². The maximum absolute atomic E-state index is 12.5. The van der Waals surface area contributed by atoms with Crippen molar-refractivity contribution in [3.8, 4) is 0 Å². The first kappa shape index (κ1) is 16.7. The molecule has 0 aromatic rings. The lowest BCUT2D eigenvalue weighted by Gasteiger charge is -2.41. The Balaban J connectivity index is 2.03. The zero-order valence-corrected chi connectivity index (χ0v) is 13.5. The molecule has 122 valence electrons. The minimum Gasteiger partial charge on any atom is -0.465 e. The van der Waals surface area contributed by atoms with E-state index in [1.807, 2.05) is 6.92 Å². The summed E-state index contributed by atoms with van der Waals surface area (Å²) >= 11 is 0. The van der Waals surface area contributed by atoms with Gasteiger partial charge in [0.25, 0.3) is 0 Å². The third-order valence-electron chi connectivity index (χ3n) is 4.51. The summed E-state index contributed by atoms with van der Waals surface area (Å²) in [4.78, 5) is 12.5. The predicted molar refractivity (Wildman–Crippen MR) is 80.2 cm³/mol. The molecule has 2 aliphatic heterocycles. The molecule has 0 spiro atoms. The SMILES string of the molecule is CCOC(=O)C1(NCC2CCCO2)CCOC(C(C)C)C1. The minimum absolute atomic E-state index is 0.0974. The van der Waals surface area contributed by atoms with Gasteiger partial charge in [-0.15, -0.1) is 0 Å². The molecule has 0 saturated carbocycles. The summed E-state index contributed by atoms with van der Waals surface area (Å²) < 4.78 is 16.8. The van der Waals surface area contributed by atoms with Gasteiger partial charge in [0, 0.05) is 26.2 Å². The Kier molecular flexibility index (Phi) is 6.02. The number of rotatable bonds is 6. The number of nitrogens with one attached hydrogen (secondary N) is 1. The number of hydrogen-bond donors (Lipinski definition) is 1. The average molecular weight is 299 g/mol. The normalized spacial score (nSPS) is 33.3. The van der Waals surface area contributed by atoms with Gasteiger partial charge in [0.05, 0.1) is 18.8 Å². The Morgan fingerprint density at radius 3 is 2.81 bits per heavy atom. The van der Waals surface area contributed by atoms with Gasteiger partial charge >= 0.3 is 5.97 Å². The number of hydrogen-bond acceptors (Lipinski definition) is 5. The van der Waals surface area contributed by atoms with Crippen LogP contribution >= 0.6 is 0 Å². The summed E-state index contributed by atoms with van der Waals surface area (Å²) in [5.41, 5.74) is -0.616. The van der Waals surface area contributed by atoms with Crippen molar-refractivity contribution in [2.24, 2.45) is 5.92 Å². The van der Waals surface area contributed by atoms with Crippen LogP contribution in [0.15, 0.2) is 0 Å². The monoisotopic (exact) mass is 299 g/mol. The molecule has 5 nitrogen and oxygen atoms in total. The summed E-state index contributed by atoms with van der Waals surface area (Å²) in [6.07, 6.45) is 3.83. The summed E-state index contributed by atoms with van der Waals surface area (Å²) in [6.45, 7) is 8.67. The van der Waals surface area contributed by atoms with Gasteiger partial charge in [0.2, 0.25) is 0 Å². The van der Waals surface area contributed by atoms with Gasteiger partial charge in [-0.3, -0.25) is 10.1 Å². The van der Waals surface area contributed by atoms with Crippen LogP contribution in [-0.2, 0) is 19.0 Å². The van der Waals surface area contributed by atoms with Crippen molar-refractivity contribution in [1.82, 2.24) is 5.32 Å². The fraction of sp³-hybridized carbons (Fsp3) is 0.938. The molecule has 3 unspecified atom stereocenters. The molecule has 0 aromatic heterocycles. The first-order valence-corrected chi connectivity index (χ1v) is 8.23. The predicted octanol–water partition coefficient (Wildman–Crippen LogP) is 1.89. The smallest absolute Gasteiger partial charge is 0.326 e. The highest BCUT2D eigenvalue weighted by Gasteiger charge is 2.45. The Morgan fingerprint density at radius 1 is 1.38 bits per heavy atom. The highest BCUT2D eigenvalue weighted by Crippen LogP contribution is 2.30. The molecule has 2 fully saturated rings. The number of ether oxygens (including phenoxy) is 3. The first-order valence-electron chi connectivity index (χ1n) is 8.23. The van der Waals surface area contributed by atoms with Crippen molar-refractivity contribution >= 4 is 5.97 Å². The summed E-state index contributed by atoms with van der Waals surface area (Å²) in [5.74, 6) is 0.251. The molecule has 21 heavy (non-hydrogen) atoms. The molecule has 2 heterocycles. The van der Waals surface area contributed by atoms with Crippen LogP contribution in [0.25, 0.3) is 0 Å². The third-order valence-corrected chi connectivity index (χ3v) is 4.51. The van der Waals surface area contributed by atoms with E-state index in [0.717, 1.165) is 19.4 Å². The van der Waals surface area contributed by atoms with E-state index in [1.54, 1.807) is 0 Å². The topological polar surface area (TPSA) is 56.8 Å². The van der Waals surface area contributed by atoms with E-state index in [9.17, 15) is 4.79 Å². The van der Waals surface area contributed by atoms with Gasteiger partial charge in [-0.2, -0.15) is 0 Å². The van der Waals surface area contributed by atoms with Gasteiger partial charge in [0.1, 0.15) is 5.54 Å². The zero-order valence-electron chi connectivity index (χ0n) is 13.5. The first-order chi connectivity index (χ1) is 10.1. The standard InChI is InChI=1S/C16H29NO4/c1-4-19-15(18)16(17-11-13-6-5-8-20-13)7-9-21-14(10-16)12(2)3/h12-14,17H,4-11H2,1-3H3. The van der Waals surface area contributed by atoms with Crippen LogP contribution in [0.3, 0.4) is 0 Å². The van der Waals surface area contributed by atoms with Crippen molar-refractivity contribution in [2.75, 3.05) is 26.4 Å². The molecular weight excluding hydrogens is 270 g/mol. The second-order valence-corrected chi connectivity index (χ2v) is 6.43. The Bertz CT molecular complexity index is 341. The summed E-state index contributed by atoms with van der Waals surface area (Å²) in [7, 11) is 0. The molecule has 3 atom stereocenters. The van der Waals surface area contributed by atoms with Crippen LogP contribution in [0, 0.1) is 5.92 Å². The number of carbonyl (C=O) groups excluding carboxylic acids is 1. The molecule has 0 amide bonds. The number of carbonyl (C=O) groups is 1. The van der Waals surface area contributed by atoms with E-state index in [4.69, 9.17) is 14.2 Å². The van der Waals surface area contributed by atoms with Crippen LogP contribution in [0.2, 0.25) is 0 Å². The van der Waals surface area contributed by atoms with Crippen LogP contribution in [0.1, 0.15) is 46.5 Å². The Labute approximate surface area is 127 Å². The molecule has 2 saturated heterocycles. The maximum Gasteiger partial charge on any atom is 0.326 e.